The largest absolute Gasteiger partial charge is 0.474 e. The van der Waals surface area contributed by atoms with Crippen molar-refractivity contribution in [2.45, 2.75) is 77.2 Å². The fraction of sp³-hybridized carbons (Fsp3) is 0.533. The lowest BCUT2D eigenvalue weighted by Crippen LogP contribution is -2.46. The molecule has 2 aliphatic heterocycles. The number of rotatable bonds is 8. The van der Waals surface area contributed by atoms with Crippen molar-refractivity contribution in [3.8, 4) is 23.1 Å². The van der Waals surface area contributed by atoms with Crippen LogP contribution in [-0.2, 0) is 16.0 Å². The van der Waals surface area contributed by atoms with Gasteiger partial charge in [-0.1, -0.05) is 12.1 Å². The van der Waals surface area contributed by atoms with E-state index in [1.165, 1.54) is 11.0 Å². The van der Waals surface area contributed by atoms with Crippen LogP contribution in [0.4, 0.5) is 9.18 Å². The van der Waals surface area contributed by atoms with E-state index in [4.69, 9.17) is 15.2 Å². The lowest BCUT2D eigenvalue weighted by Gasteiger charge is -2.34. The fourth-order valence-corrected chi connectivity index (χ4v) is 5.33. The van der Waals surface area contributed by atoms with E-state index in [1.54, 1.807) is 29.3 Å². The standard InChI is InChI=1S/C30H38FN5O4/c1-19(2)39-30(38)35-13-10-21(11-14-35)20(3)40-28-9-8-24(18-34-28)22-6-7-23(26(31)15-22)16-27(33)29(37)36-12-4-5-25(36)17-32/h6-9,15,18-21,25,27H,4-5,10-14,16,33H2,1-3H3/t20-,25-,27?/m0/s1. The molecule has 40 heavy (non-hydrogen) atoms. The smallest absolute Gasteiger partial charge is 0.410 e. The van der Waals surface area contributed by atoms with Crippen molar-refractivity contribution < 1.29 is 23.5 Å². The quantitative estimate of drug-likeness (QED) is 0.519. The first-order valence-corrected chi connectivity index (χ1v) is 14.0. The van der Waals surface area contributed by atoms with Crippen LogP contribution in [0.3, 0.4) is 0 Å². The average molecular weight is 552 g/mol. The van der Waals surface area contributed by atoms with Gasteiger partial charge in [-0.25, -0.2) is 14.2 Å². The third kappa shape index (κ3) is 7.07. The zero-order chi connectivity index (χ0) is 28.8. The predicted molar refractivity (Wildman–Crippen MR) is 148 cm³/mol. The van der Waals surface area contributed by atoms with Gasteiger partial charge in [-0.3, -0.25) is 4.79 Å². The van der Waals surface area contributed by atoms with E-state index in [0.29, 0.717) is 49.0 Å². The molecule has 2 N–H and O–H groups in total. The van der Waals surface area contributed by atoms with Crippen molar-refractivity contribution in [3.05, 3.63) is 47.9 Å². The topological polar surface area (TPSA) is 122 Å². The van der Waals surface area contributed by atoms with Gasteiger partial charge in [0.1, 0.15) is 18.0 Å². The summed E-state index contributed by atoms with van der Waals surface area (Å²) in [6.07, 6.45) is 4.28. The van der Waals surface area contributed by atoms with E-state index >= 15 is 0 Å². The van der Waals surface area contributed by atoms with Gasteiger partial charge in [0, 0.05) is 37.5 Å². The Morgan fingerprint density at radius 3 is 2.48 bits per heavy atom. The molecule has 1 aromatic heterocycles. The number of carbonyl (C=O) groups excluding carboxylic acids is 2. The third-order valence-electron chi connectivity index (χ3n) is 7.67. The molecule has 0 spiro atoms. The van der Waals surface area contributed by atoms with E-state index in [-0.39, 0.29) is 30.6 Å². The molecule has 2 fully saturated rings. The number of piperidine rings is 1. The van der Waals surface area contributed by atoms with Crippen LogP contribution in [-0.4, -0.2) is 70.7 Å². The SMILES string of the molecule is CC(C)OC(=O)N1CCC([C@H](C)Oc2ccc(-c3ccc(CC(N)C(=O)N4CCC[C@H]4C#N)c(F)c3)cn2)CC1. The van der Waals surface area contributed by atoms with E-state index in [0.717, 1.165) is 24.8 Å². The van der Waals surface area contributed by atoms with Crippen LogP contribution in [0.5, 0.6) is 5.88 Å². The monoisotopic (exact) mass is 551 g/mol. The van der Waals surface area contributed by atoms with Crippen molar-refractivity contribution >= 4 is 12.0 Å². The number of hydrogen-bond donors (Lipinski definition) is 1. The Kier molecular flexibility index (Phi) is 9.58. The minimum absolute atomic E-state index is 0.0559. The number of benzene rings is 1. The van der Waals surface area contributed by atoms with Gasteiger partial charge in [-0.2, -0.15) is 5.26 Å². The third-order valence-corrected chi connectivity index (χ3v) is 7.67. The lowest BCUT2D eigenvalue weighted by molar-refractivity contribution is -0.132. The Bertz CT molecular complexity index is 1220. The Morgan fingerprint density at radius 2 is 1.85 bits per heavy atom. The number of pyridine rings is 1. The second-order valence-corrected chi connectivity index (χ2v) is 10.9. The van der Waals surface area contributed by atoms with Crippen LogP contribution in [0, 0.1) is 23.1 Å². The molecule has 3 atom stereocenters. The van der Waals surface area contributed by atoms with Crippen LogP contribution in [0.1, 0.15) is 52.0 Å². The van der Waals surface area contributed by atoms with Gasteiger partial charge in [-0.15, -0.1) is 0 Å². The first-order chi connectivity index (χ1) is 19.2. The molecule has 2 amide bonds. The van der Waals surface area contributed by atoms with Crippen LogP contribution >= 0.6 is 0 Å². The van der Waals surface area contributed by atoms with Gasteiger partial charge in [0.25, 0.3) is 0 Å². The molecule has 2 saturated heterocycles. The summed E-state index contributed by atoms with van der Waals surface area (Å²) < 4.78 is 26.3. The van der Waals surface area contributed by atoms with Crippen LogP contribution in [0.2, 0.25) is 0 Å². The summed E-state index contributed by atoms with van der Waals surface area (Å²) in [6, 6.07) is 9.20. The maximum absolute atomic E-state index is 15.0. The summed E-state index contributed by atoms with van der Waals surface area (Å²) in [5.41, 5.74) is 7.83. The lowest BCUT2D eigenvalue weighted by atomic mass is 9.92. The normalized spacial score (nSPS) is 19.3. The highest BCUT2D eigenvalue weighted by Gasteiger charge is 2.32. The molecule has 0 aliphatic carbocycles. The average Bonchev–Trinajstić information content (AvgIpc) is 3.43. The maximum Gasteiger partial charge on any atom is 0.410 e. The van der Waals surface area contributed by atoms with Gasteiger partial charge in [0.05, 0.1) is 18.2 Å². The molecular formula is C30H38FN5O4. The molecule has 1 aromatic carbocycles. The van der Waals surface area contributed by atoms with Gasteiger partial charge >= 0.3 is 6.09 Å². The molecule has 0 bridgehead atoms. The molecule has 10 heteroatoms. The highest BCUT2D eigenvalue weighted by Crippen LogP contribution is 2.27. The van der Waals surface area contributed by atoms with Crippen molar-refractivity contribution in [1.29, 1.82) is 5.26 Å². The maximum atomic E-state index is 15.0. The number of nitrogens with zero attached hydrogens (tertiary/aromatic N) is 4. The fourth-order valence-electron chi connectivity index (χ4n) is 5.33. The van der Waals surface area contributed by atoms with Crippen LogP contribution < -0.4 is 10.5 Å². The van der Waals surface area contributed by atoms with E-state index in [1.807, 2.05) is 26.8 Å². The molecule has 4 rings (SSSR count). The second-order valence-electron chi connectivity index (χ2n) is 10.9. The molecule has 3 heterocycles. The minimum Gasteiger partial charge on any atom is -0.474 e. The molecule has 1 unspecified atom stereocenters. The van der Waals surface area contributed by atoms with Crippen molar-refractivity contribution in [1.82, 2.24) is 14.8 Å². The minimum atomic E-state index is -0.907. The number of nitrogens with two attached hydrogens (primary N) is 1. The number of halogens is 1. The second kappa shape index (κ2) is 13.1. The summed E-state index contributed by atoms with van der Waals surface area (Å²) in [5, 5.41) is 9.23. The van der Waals surface area contributed by atoms with Gasteiger partial charge in [0.2, 0.25) is 11.8 Å². The van der Waals surface area contributed by atoms with Crippen molar-refractivity contribution in [2.75, 3.05) is 19.6 Å². The number of nitriles is 1. The van der Waals surface area contributed by atoms with E-state index in [2.05, 4.69) is 11.1 Å². The number of likely N-dealkylation sites (tertiary alicyclic amines) is 2. The summed E-state index contributed by atoms with van der Waals surface area (Å²) in [6.45, 7) is 7.47. The summed E-state index contributed by atoms with van der Waals surface area (Å²) in [5.74, 6) is 0.00934. The molecular weight excluding hydrogens is 513 g/mol. The Balaban J connectivity index is 1.30. The Hall–Kier alpha value is -3.71. The number of aromatic nitrogens is 1. The number of amides is 2. The van der Waals surface area contributed by atoms with E-state index in [9.17, 15) is 19.2 Å². The first kappa shape index (κ1) is 29.3. The highest BCUT2D eigenvalue weighted by atomic mass is 19.1. The van der Waals surface area contributed by atoms with Gasteiger partial charge in [-0.05, 0) is 82.1 Å². The number of hydrogen-bond acceptors (Lipinski definition) is 7. The zero-order valence-corrected chi connectivity index (χ0v) is 23.4. The van der Waals surface area contributed by atoms with E-state index < -0.39 is 17.9 Å². The molecule has 9 nitrogen and oxygen atoms in total. The molecule has 2 aliphatic rings. The van der Waals surface area contributed by atoms with Gasteiger partial charge < -0.3 is 25.0 Å². The summed E-state index contributed by atoms with van der Waals surface area (Å²) in [4.78, 5) is 32.5. The highest BCUT2D eigenvalue weighted by molar-refractivity contribution is 5.83. The molecule has 0 radical (unpaired) electrons. The molecule has 2 aromatic rings. The Labute approximate surface area is 235 Å². The number of carbonyl (C=O) groups is 2. The van der Waals surface area contributed by atoms with Crippen molar-refractivity contribution in [3.63, 3.8) is 0 Å². The summed E-state index contributed by atoms with van der Waals surface area (Å²) in [7, 11) is 0. The first-order valence-electron chi connectivity index (χ1n) is 14.0. The van der Waals surface area contributed by atoms with Crippen LogP contribution in [0.15, 0.2) is 36.5 Å². The predicted octanol–water partition coefficient (Wildman–Crippen LogP) is 4.30. The molecule has 214 valence electrons. The summed E-state index contributed by atoms with van der Waals surface area (Å²) >= 11 is 0. The molecule has 0 saturated carbocycles. The Morgan fingerprint density at radius 1 is 1.12 bits per heavy atom. The van der Waals surface area contributed by atoms with Crippen molar-refractivity contribution in [2.24, 2.45) is 11.7 Å². The number of ether oxygens (including phenoxy) is 2. The van der Waals surface area contributed by atoms with Crippen LogP contribution in [0.25, 0.3) is 11.1 Å². The van der Waals surface area contributed by atoms with Gasteiger partial charge in [0.15, 0.2) is 0 Å². The zero-order valence-electron chi connectivity index (χ0n) is 23.4.